The predicted octanol–water partition coefficient (Wildman–Crippen LogP) is 2.94. The van der Waals surface area contributed by atoms with Gasteiger partial charge in [0.05, 0.1) is 25.5 Å². The fourth-order valence-corrected chi connectivity index (χ4v) is 2.15. The molecule has 1 unspecified atom stereocenters. The van der Waals surface area contributed by atoms with Crippen LogP contribution in [0.25, 0.3) is 0 Å². The molecule has 0 bridgehead atoms. The molecular weight excluding hydrogens is 348 g/mol. The number of nitrogens with zero attached hydrogens (tertiary/aromatic N) is 1. The maximum atomic E-state index is 12.3. The van der Waals surface area contributed by atoms with Crippen molar-refractivity contribution in [3.8, 4) is 11.5 Å². The Kier molecular flexibility index (Phi) is 6.19. The topological polar surface area (TPSA) is 86.8 Å². The van der Waals surface area contributed by atoms with Gasteiger partial charge in [0.25, 0.3) is 5.91 Å². The number of pyridine rings is 1. The number of carbonyl (C=O) groups is 2. The zero-order chi connectivity index (χ0) is 18.4. The SMILES string of the molecule is COc1ccc(NC(=O)C(C)OC(=O)c2cccnc2Cl)c(OC)c1. The number of methoxy groups -OCH3 is 2. The number of anilines is 1. The standard InChI is InChI=1S/C17H17ClN2O5/c1-10(25-17(22)12-5-4-8-19-15(12)18)16(21)20-13-7-6-11(23-2)9-14(13)24-3/h4-10H,1-3H3,(H,20,21). The number of carbonyl (C=O) groups excluding carboxylic acids is 2. The summed E-state index contributed by atoms with van der Waals surface area (Å²) in [5.41, 5.74) is 0.515. The number of amides is 1. The van der Waals surface area contributed by atoms with E-state index in [4.69, 9.17) is 25.8 Å². The summed E-state index contributed by atoms with van der Waals surface area (Å²) in [5.74, 6) is -0.249. The first-order valence-electron chi connectivity index (χ1n) is 7.30. The maximum absolute atomic E-state index is 12.3. The van der Waals surface area contributed by atoms with E-state index in [1.165, 1.54) is 33.4 Å². The van der Waals surface area contributed by atoms with E-state index < -0.39 is 18.0 Å². The summed E-state index contributed by atoms with van der Waals surface area (Å²) in [6.07, 6.45) is 0.404. The van der Waals surface area contributed by atoms with Gasteiger partial charge in [-0.15, -0.1) is 0 Å². The number of hydrogen-bond acceptors (Lipinski definition) is 6. The molecule has 0 aliphatic heterocycles. The Morgan fingerprint density at radius 2 is 1.96 bits per heavy atom. The molecule has 0 radical (unpaired) electrons. The van der Waals surface area contributed by atoms with Gasteiger partial charge in [-0.3, -0.25) is 4.79 Å². The lowest BCUT2D eigenvalue weighted by Gasteiger charge is -2.16. The minimum Gasteiger partial charge on any atom is -0.497 e. The fraction of sp³-hybridized carbons (Fsp3) is 0.235. The lowest BCUT2D eigenvalue weighted by atomic mass is 10.2. The van der Waals surface area contributed by atoms with Crippen LogP contribution in [0.3, 0.4) is 0 Å². The van der Waals surface area contributed by atoms with Crippen LogP contribution in [0.5, 0.6) is 11.5 Å². The van der Waals surface area contributed by atoms with Gasteiger partial charge in [0.15, 0.2) is 6.10 Å². The van der Waals surface area contributed by atoms with E-state index >= 15 is 0 Å². The summed E-state index contributed by atoms with van der Waals surface area (Å²) < 4.78 is 15.4. The highest BCUT2D eigenvalue weighted by molar-refractivity contribution is 6.32. The molecule has 0 aliphatic carbocycles. The van der Waals surface area contributed by atoms with Crippen LogP contribution in [0.15, 0.2) is 36.5 Å². The molecule has 1 N–H and O–H groups in total. The third-order valence-corrected chi connectivity index (χ3v) is 3.60. The third-order valence-electron chi connectivity index (χ3n) is 3.30. The number of nitrogens with one attached hydrogen (secondary N) is 1. The van der Waals surface area contributed by atoms with Crippen molar-refractivity contribution in [2.75, 3.05) is 19.5 Å². The summed E-state index contributed by atoms with van der Waals surface area (Å²) in [6.45, 7) is 1.45. The van der Waals surface area contributed by atoms with Gasteiger partial charge >= 0.3 is 5.97 Å². The van der Waals surface area contributed by atoms with Gasteiger partial charge < -0.3 is 19.5 Å². The number of halogens is 1. The molecule has 132 valence electrons. The van der Waals surface area contributed by atoms with Crippen LogP contribution >= 0.6 is 11.6 Å². The first-order chi connectivity index (χ1) is 12.0. The predicted molar refractivity (Wildman–Crippen MR) is 92.3 cm³/mol. The smallest absolute Gasteiger partial charge is 0.342 e. The van der Waals surface area contributed by atoms with Crippen LogP contribution in [0.4, 0.5) is 5.69 Å². The average molecular weight is 365 g/mol. The van der Waals surface area contributed by atoms with E-state index in [0.29, 0.717) is 17.2 Å². The highest BCUT2D eigenvalue weighted by Gasteiger charge is 2.22. The zero-order valence-corrected chi connectivity index (χ0v) is 14.7. The number of rotatable bonds is 6. The van der Waals surface area contributed by atoms with Crippen LogP contribution in [-0.4, -0.2) is 37.2 Å². The summed E-state index contributed by atoms with van der Waals surface area (Å²) in [6, 6.07) is 7.94. The molecule has 7 nitrogen and oxygen atoms in total. The van der Waals surface area contributed by atoms with E-state index in [9.17, 15) is 9.59 Å². The van der Waals surface area contributed by atoms with Crippen molar-refractivity contribution in [2.24, 2.45) is 0 Å². The number of hydrogen-bond donors (Lipinski definition) is 1. The second-order valence-electron chi connectivity index (χ2n) is 4.94. The van der Waals surface area contributed by atoms with Crippen molar-refractivity contribution in [2.45, 2.75) is 13.0 Å². The summed E-state index contributed by atoms with van der Waals surface area (Å²) in [4.78, 5) is 28.1. The molecule has 0 spiro atoms. The van der Waals surface area contributed by atoms with Gasteiger partial charge in [-0.25, -0.2) is 9.78 Å². The van der Waals surface area contributed by atoms with Crippen LogP contribution in [0, 0.1) is 0 Å². The average Bonchev–Trinajstić information content (AvgIpc) is 2.62. The van der Waals surface area contributed by atoms with Gasteiger partial charge in [0.1, 0.15) is 16.7 Å². The molecule has 0 fully saturated rings. The van der Waals surface area contributed by atoms with Gasteiger partial charge in [-0.05, 0) is 31.2 Å². The monoisotopic (exact) mass is 364 g/mol. The minimum absolute atomic E-state index is 0.0110. The van der Waals surface area contributed by atoms with E-state index in [1.54, 1.807) is 24.3 Å². The molecule has 1 atom stereocenters. The third kappa shape index (κ3) is 4.60. The molecule has 1 aromatic heterocycles. The van der Waals surface area contributed by atoms with Gasteiger partial charge in [0.2, 0.25) is 0 Å². The summed E-state index contributed by atoms with van der Waals surface area (Å²) >= 11 is 5.84. The molecular formula is C17H17ClN2O5. The molecule has 1 aromatic carbocycles. The first kappa shape index (κ1) is 18.5. The van der Waals surface area contributed by atoms with Crippen LogP contribution in [0.1, 0.15) is 17.3 Å². The van der Waals surface area contributed by atoms with Crippen molar-refractivity contribution >= 4 is 29.2 Å². The van der Waals surface area contributed by atoms with E-state index in [-0.39, 0.29) is 10.7 Å². The van der Waals surface area contributed by atoms with Crippen molar-refractivity contribution in [3.05, 3.63) is 47.2 Å². The van der Waals surface area contributed by atoms with E-state index in [1.807, 2.05) is 0 Å². The number of ether oxygens (including phenoxy) is 3. The molecule has 0 saturated heterocycles. The quantitative estimate of drug-likeness (QED) is 0.626. The normalized spacial score (nSPS) is 11.4. The number of benzene rings is 1. The molecule has 8 heteroatoms. The molecule has 1 heterocycles. The number of aromatic nitrogens is 1. The Labute approximate surface area is 149 Å². The van der Waals surface area contributed by atoms with Crippen LogP contribution in [0.2, 0.25) is 5.15 Å². The first-order valence-corrected chi connectivity index (χ1v) is 7.68. The van der Waals surface area contributed by atoms with Crippen molar-refractivity contribution in [1.29, 1.82) is 0 Å². The van der Waals surface area contributed by atoms with E-state index in [0.717, 1.165) is 0 Å². The Bertz CT molecular complexity index is 781. The molecule has 2 aromatic rings. The Morgan fingerprint density at radius 3 is 2.60 bits per heavy atom. The second-order valence-corrected chi connectivity index (χ2v) is 5.30. The van der Waals surface area contributed by atoms with Crippen molar-refractivity contribution in [1.82, 2.24) is 4.98 Å². The molecule has 1 amide bonds. The Hall–Kier alpha value is -2.80. The van der Waals surface area contributed by atoms with Crippen LogP contribution in [-0.2, 0) is 9.53 Å². The highest BCUT2D eigenvalue weighted by Crippen LogP contribution is 2.29. The minimum atomic E-state index is -1.05. The van der Waals surface area contributed by atoms with E-state index in [2.05, 4.69) is 10.3 Å². The summed E-state index contributed by atoms with van der Waals surface area (Å²) in [7, 11) is 3.00. The van der Waals surface area contributed by atoms with Gasteiger partial charge in [0, 0.05) is 12.3 Å². The second kappa shape index (κ2) is 8.34. The molecule has 25 heavy (non-hydrogen) atoms. The number of esters is 1. The summed E-state index contributed by atoms with van der Waals surface area (Å²) in [5, 5.41) is 2.65. The lowest BCUT2D eigenvalue weighted by molar-refractivity contribution is -0.123. The van der Waals surface area contributed by atoms with Crippen molar-refractivity contribution in [3.63, 3.8) is 0 Å². The van der Waals surface area contributed by atoms with Crippen molar-refractivity contribution < 1.29 is 23.8 Å². The Morgan fingerprint density at radius 1 is 1.20 bits per heavy atom. The largest absolute Gasteiger partial charge is 0.497 e. The highest BCUT2D eigenvalue weighted by atomic mass is 35.5. The Balaban J connectivity index is 2.06. The lowest BCUT2D eigenvalue weighted by Crippen LogP contribution is -2.30. The molecule has 2 rings (SSSR count). The maximum Gasteiger partial charge on any atom is 0.342 e. The molecule has 0 aliphatic rings. The van der Waals surface area contributed by atoms with Crippen LogP contribution < -0.4 is 14.8 Å². The fourth-order valence-electron chi connectivity index (χ4n) is 1.95. The van der Waals surface area contributed by atoms with Gasteiger partial charge in [-0.1, -0.05) is 11.6 Å². The molecule has 0 saturated carbocycles. The zero-order valence-electron chi connectivity index (χ0n) is 13.9. The van der Waals surface area contributed by atoms with Gasteiger partial charge in [-0.2, -0.15) is 0 Å².